The van der Waals surface area contributed by atoms with Crippen LogP contribution in [-0.2, 0) is 9.31 Å². The molecule has 1 fully saturated rings. The lowest BCUT2D eigenvalue weighted by Gasteiger charge is -2.32. The summed E-state index contributed by atoms with van der Waals surface area (Å²) in [4.78, 5) is 14.1. The number of pyridine rings is 1. The zero-order valence-electron chi connectivity index (χ0n) is 11.1. The molecule has 8 heteroatoms. The van der Waals surface area contributed by atoms with Crippen molar-refractivity contribution in [3.05, 3.63) is 27.3 Å². The molecule has 0 atom stereocenters. The Labute approximate surface area is 116 Å². The van der Waals surface area contributed by atoms with Crippen molar-refractivity contribution in [1.29, 1.82) is 0 Å². The minimum atomic E-state index is -0.762. The smallest absolute Gasteiger partial charge is 0.397 e. The molecule has 0 aromatic carbocycles. The summed E-state index contributed by atoms with van der Waals surface area (Å²) in [7, 11) is -0.762. The van der Waals surface area contributed by atoms with E-state index < -0.39 is 23.2 Å². The number of aromatic nitrogens is 1. The first-order valence-corrected chi connectivity index (χ1v) is 6.18. The highest BCUT2D eigenvalue weighted by molar-refractivity contribution is 6.61. The number of nitrogens with zero attached hydrogens (tertiary/aromatic N) is 2. The molecule has 0 bridgehead atoms. The Kier molecular flexibility index (Phi) is 3.32. The van der Waals surface area contributed by atoms with E-state index in [4.69, 9.17) is 20.9 Å². The van der Waals surface area contributed by atoms with Crippen LogP contribution in [0.2, 0.25) is 5.02 Å². The van der Waals surface area contributed by atoms with Gasteiger partial charge in [0, 0.05) is 6.07 Å². The maximum absolute atomic E-state index is 10.8. The summed E-state index contributed by atoms with van der Waals surface area (Å²) < 4.78 is 11.5. The molecular weight excluding hydrogens is 270 g/mol. The van der Waals surface area contributed by atoms with Gasteiger partial charge in [-0.3, -0.25) is 0 Å². The predicted molar refractivity (Wildman–Crippen MR) is 71.6 cm³/mol. The number of halogens is 1. The lowest BCUT2D eigenvalue weighted by molar-refractivity contribution is -0.389. The fraction of sp³-hybridized carbons (Fsp3) is 0.545. The first kappa shape index (κ1) is 14.2. The lowest BCUT2D eigenvalue weighted by atomic mass is 9.84. The minimum absolute atomic E-state index is 0.228. The van der Waals surface area contributed by atoms with Gasteiger partial charge in [0.2, 0.25) is 0 Å². The van der Waals surface area contributed by atoms with E-state index in [9.17, 15) is 10.1 Å². The highest BCUT2D eigenvalue weighted by Gasteiger charge is 2.54. The lowest BCUT2D eigenvalue weighted by Crippen LogP contribution is -2.41. The van der Waals surface area contributed by atoms with Gasteiger partial charge in [0.05, 0.1) is 22.3 Å². The fourth-order valence-corrected chi connectivity index (χ4v) is 1.89. The first-order chi connectivity index (χ1) is 8.62. The number of hydrogen-bond acceptors (Lipinski definition) is 5. The number of hydrogen-bond donors (Lipinski definition) is 0. The highest BCUT2D eigenvalue weighted by Crippen LogP contribution is 2.36. The molecule has 0 saturated carbocycles. The summed E-state index contributed by atoms with van der Waals surface area (Å²) in [6, 6.07) is 2.70. The van der Waals surface area contributed by atoms with Crippen molar-refractivity contribution in [1.82, 2.24) is 4.98 Å². The van der Waals surface area contributed by atoms with E-state index >= 15 is 0 Å². The summed E-state index contributed by atoms with van der Waals surface area (Å²) in [5, 5.41) is 11.0. The maximum atomic E-state index is 10.8. The summed E-state index contributed by atoms with van der Waals surface area (Å²) in [6.07, 6.45) is 0. The van der Waals surface area contributed by atoms with Crippen LogP contribution in [0, 0.1) is 10.1 Å². The number of nitro groups is 1. The Morgan fingerprint density at radius 3 is 2.26 bits per heavy atom. The van der Waals surface area contributed by atoms with Crippen LogP contribution in [0.5, 0.6) is 0 Å². The van der Waals surface area contributed by atoms with Crippen molar-refractivity contribution >= 4 is 30.1 Å². The van der Waals surface area contributed by atoms with Gasteiger partial charge in [-0.15, -0.1) is 0 Å². The second-order valence-corrected chi connectivity index (χ2v) is 5.85. The zero-order valence-corrected chi connectivity index (χ0v) is 11.9. The molecule has 2 heterocycles. The molecule has 2 rings (SSSR count). The van der Waals surface area contributed by atoms with E-state index in [1.807, 2.05) is 27.7 Å². The van der Waals surface area contributed by atoms with E-state index in [-0.39, 0.29) is 10.8 Å². The van der Waals surface area contributed by atoms with Crippen LogP contribution in [0.4, 0.5) is 5.82 Å². The Morgan fingerprint density at radius 1 is 1.26 bits per heavy atom. The standard InChI is InChI=1S/C11H14BClN2O4/c1-10(2)11(3,4)19-12(18-10)8-5-7(13)6-9(14-8)15(16)17/h5-6H,1-4H3. The van der Waals surface area contributed by atoms with Crippen LogP contribution in [0.15, 0.2) is 12.1 Å². The van der Waals surface area contributed by atoms with E-state index in [1.165, 1.54) is 12.1 Å². The van der Waals surface area contributed by atoms with Gasteiger partial charge in [0.1, 0.15) is 0 Å². The third-order valence-electron chi connectivity index (χ3n) is 3.48. The Balaban J connectivity index is 2.37. The molecule has 1 aliphatic heterocycles. The molecule has 19 heavy (non-hydrogen) atoms. The van der Waals surface area contributed by atoms with Crippen molar-refractivity contribution < 1.29 is 14.2 Å². The van der Waals surface area contributed by atoms with Gasteiger partial charge in [-0.25, -0.2) is 0 Å². The second kappa shape index (κ2) is 4.43. The molecule has 102 valence electrons. The van der Waals surface area contributed by atoms with Gasteiger partial charge in [-0.2, -0.15) is 0 Å². The van der Waals surface area contributed by atoms with Crippen LogP contribution in [0.3, 0.4) is 0 Å². The Bertz CT molecular complexity index is 519. The van der Waals surface area contributed by atoms with Gasteiger partial charge < -0.3 is 19.4 Å². The van der Waals surface area contributed by atoms with Crippen molar-refractivity contribution in [3.8, 4) is 0 Å². The Hall–Kier alpha value is -1.18. The molecule has 1 saturated heterocycles. The van der Waals surface area contributed by atoms with Crippen molar-refractivity contribution in [2.45, 2.75) is 38.9 Å². The van der Waals surface area contributed by atoms with E-state index in [0.717, 1.165) is 0 Å². The van der Waals surface area contributed by atoms with Crippen LogP contribution in [0.25, 0.3) is 0 Å². The monoisotopic (exact) mass is 284 g/mol. The summed E-state index contributed by atoms with van der Waals surface area (Å²) >= 11 is 5.86. The van der Waals surface area contributed by atoms with Crippen LogP contribution < -0.4 is 5.59 Å². The SMILES string of the molecule is CC1(C)OB(c2cc(Cl)cc([N+](=O)[O-])n2)OC1(C)C. The average molecular weight is 285 g/mol. The molecule has 0 spiro atoms. The third kappa shape index (κ3) is 2.58. The van der Waals surface area contributed by atoms with Crippen LogP contribution >= 0.6 is 11.6 Å². The van der Waals surface area contributed by atoms with Crippen LogP contribution in [-0.4, -0.2) is 28.2 Å². The molecule has 0 amide bonds. The van der Waals surface area contributed by atoms with Crippen molar-refractivity contribution in [3.63, 3.8) is 0 Å². The quantitative estimate of drug-likeness (QED) is 0.471. The average Bonchev–Trinajstić information content (AvgIpc) is 2.47. The van der Waals surface area contributed by atoms with Gasteiger partial charge in [-0.05, 0) is 37.6 Å². The zero-order chi connectivity index (χ0) is 14.4. The van der Waals surface area contributed by atoms with Crippen molar-refractivity contribution in [2.24, 2.45) is 0 Å². The largest absolute Gasteiger partial charge is 0.542 e. The molecule has 0 aliphatic carbocycles. The molecule has 0 unspecified atom stereocenters. The molecule has 1 aliphatic rings. The molecule has 0 N–H and O–H groups in total. The summed E-state index contributed by atoms with van der Waals surface area (Å²) in [5.74, 6) is -0.322. The molecule has 1 aromatic heterocycles. The predicted octanol–water partition coefficient (Wildman–Crippen LogP) is 1.94. The maximum Gasteiger partial charge on any atom is 0.542 e. The highest BCUT2D eigenvalue weighted by atomic mass is 35.5. The van der Waals surface area contributed by atoms with Crippen molar-refractivity contribution in [2.75, 3.05) is 0 Å². The van der Waals surface area contributed by atoms with Gasteiger partial charge >= 0.3 is 12.9 Å². The summed E-state index contributed by atoms with van der Waals surface area (Å²) in [5.41, 5.74) is -0.759. The molecule has 0 radical (unpaired) electrons. The van der Waals surface area contributed by atoms with Gasteiger partial charge in [0.15, 0.2) is 5.59 Å². The molecule has 6 nitrogen and oxygen atoms in total. The number of rotatable bonds is 2. The second-order valence-electron chi connectivity index (χ2n) is 5.41. The summed E-state index contributed by atoms with van der Waals surface area (Å²) in [6.45, 7) is 7.58. The molecule has 1 aromatic rings. The van der Waals surface area contributed by atoms with Crippen LogP contribution in [0.1, 0.15) is 27.7 Å². The van der Waals surface area contributed by atoms with E-state index in [1.54, 1.807) is 0 Å². The topological polar surface area (TPSA) is 74.5 Å². The molecular formula is C11H14BClN2O4. The fourth-order valence-electron chi connectivity index (χ4n) is 1.68. The minimum Gasteiger partial charge on any atom is -0.397 e. The Morgan fingerprint density at radius 2 is 1.79 bits per heavy atom. The van der Waals surface area contributed by atoms with E-state index in [0.29, 0.717) is 5.59 Å². The van der Waals surface area contributed by atoms with E-state index in [2.05, 4.69) is 4.98 Å². The first-order valence-electron chi connectivity index (χ1n) is 5.80. The van der Waals surface area contributed by atoms with Gasteiger partial charge in [0.25, 0.3) is 0 Å². The van der Waals surface area contributed by atoms with Gasteiger partial charge in [-0.1, -0.05) is 11.6 Å². The third-order valence-corrected chi connectivity index (χ3v) is 3.70. The normalized spacial score (nSPS) is 20.6.